The maximum absolute atomic E-state index is 5.67. The van der Waals surface area contributed by atoms with E-state index in [2.05, 4.69) is 53.3 Å². The maximum Gasteiger partial charge on any atom is 0.0721 e. The summed E-state index contributed by atoms with van der Waals surface area (Å²) >= 11 is 1.74. The number of rotatable bonds is 3. The lowest BCUT2D eigenvalue weighted by Crippen LogP contribution is -2.31. The third-order valence-electron chi connectivity index (χ3n) is 3.47. The van der Waals surface area contributed by atoms with Crippen LogP contribution in [0.25, 0.3) is 0 Å². The molecule has 1 aliphatic rings. The van der Waals surface area contributed by atoms with Gasteiger partial charge in [-0.15, -0.1) is 0 Å². The number of benzene rings is 1. The van der Waals surface area contributed by atoms with Gasteiger partial charge < -0.3 is 10.1 Å². The van der Waals surface area contributed by atoms with E-state index >= 15 is 0 Å². The molecule has 0 saturated heterocycles. The summed E-state index contributed by atoms with van der Waals surface area (Å²) in [4.78, 5) is 0. The Morgan fingerprint density at radius 1 is 1.33 bits per heavy atom. The number of thiophene rings is 1. The fraction of sp³-hybridized carbons (Fsp3) is 0.333. The quantitative estimate of drug-likeness (QED) is 0.908. The molecule has 94 valence electrons. The van der Waals surface area contributed by atoms with Crippen molar-refractivity contribution in [2.75, 3.05) is 6.61 Å². The van der Waals surface area contributed by atoms with Gasteiger partial charge in [-0.25, -0.2) is 0 Å². The molecule has 2 heterocycles. The molecule has 0 fully saturated rings. The van der Waals surface area contributed by atoms with Gasteiger partial charge in [0, 0.05) is 6.04 Å². The summed E-state index contributed by atoms with van der Waals surface area (Å²) < 4.78 is 5.67. The van der Waals surface area contributed by atoms with Crippen LogP contribution in [0.15, 0.2) is 41.1 Å². The molecule has 0 aliphatic carbocycles. The molecule has 2 nitrogen and oxygen atoms in total. The molecule has 0 bridgehead atoms. The SMILES string of the molecule is CC(NC1COCc2ccccc21)c1ccsc1. The molecule has 1 aromatic heterocycles. The van der Waals surface area contributed by atoms with E-state index in [0.717, 1.165) is 13.2 Å². The predicted octanol–water partition coefficient (Wildman–Crippen LogP) is 3.67. The highest BCUT2D eigenvalue weighted by molar-refractivity contribution is 7.07. The van der Waals surface area contributed by atoms with Crippen LogP contribution in [0, 0.1) is 0 Å². The molecule has 3 heteroatoms. The summed E-state index contributed by atoms with van der Waals surface area (Å²) in [5.41, 5.74) is 4.03. The third kappa shape index (κ3) is 2.34. The maximum atomic E-state index is 5.67. The van der Waals surface area contributed by atoms with E-state index in [4.69, 9.17) is 4.74 Å². The standard InChI is InChI=1S/C15H17NOS/c1-11(13-6-7-18-10-13)16-15-9-17-8-12-4-2-3-5-14(12)15/h2-7,10-11,15-16H,8-9H2,1H3. The highest BCUT2D eigenvalue weighted by atomic mass is 32.1. The van der Waals surface area contributed by atoms with Crippen molar-refractivity contribution in [2.45, 2.75) is 25.6 Å². The lowest BCUT2D eigenvalue weighted by Gasteiger charge is -2.29. The van der Waals surface area contributed by atoms with Gasteiger partial charge in [-0.05, 0) is 40.4 Å². The summed E-state index contributed by atoms with van der Waals surface area (Å²) in [5.74, 6) is 0. The van der Waals surface area contributed by atoms with Crippen molar-refractivity contribution < 1.29 is 4.74 Å². The Hall–Kier alpha value is -1.16. The van der Waals surface area contributed by atoms with Gasteiger partial charge in [-0.1, -0.05) is 24.3 Å². The number of ether oxygens (including phenoxy) is 1. The van der Waals surface area contributed by atoms with Crippen LogP contribution >= 0.6 is 11.3 Å². The van der Waals surface area contributed by atoms with E-state index in [0.29, 0.717) is 12.1 Å². The number of fused-ring (bicyclic) bond motifs is 1. The van der Waals surface area contributed by atoms with Gasteiger partial charge in [0.25, 0.3) is 0 Å². The van der Waals surface area contributed by atoms with Crippen molar-refractivity contribution >= 4 is 11.3 Å². The Kier molecular flexibility index (Phi) is 3.46. The first-order valence-corrected chi connectivity index (χ1v) is 7.22. The van der Waals surface area contributed by atoms with Crippen molar-refractivity contribution in [1.29, 1.82) is 0 Å². The third-order valence-corrected chi connectivity index (χ3v) is 4.17. The van der Waals surface area contributed by atoms with Gasteiger partial charge in [0.05, 0.1) is 19.3 Å². The van der Waals surface area contributed by atoms with Crippen molar-refractivity contribution in [3.8, 4) is 0 Å². The average Bonchev–Trinajstić information content (AvgIpc) is 2.93. The Morgan fingerprint density at radius 2 is 2.22 bits per heavy atom. The highest BCUT2D eigenvalue weighted by Crippen LogP contribution is 2.27. The van der Waals surface area contributed by atoms with Crippen molar-refractivity contribution in [3.05, 3.63) is 57.8 Å². The van der Waals surface area contributed by atoms with Crippen LogP contribution in [0.4, 0.5) is 0 Å². The lowest BCUT2D eigenvalue weighted by molar-refractivity contribution is 0.0791. The minimum absolute atomic E-state index is 0.296. The average molecular weight is 259 g/mol. The predicted molar refractivity (Wildman–Crippen MR) is 74.7 cm³/mol. The van der Waals surface area contributed by atoms with E-state index in [9.17, 15) is 0 Å². The molecule has 0 spiro atoms. The van der Waals surface area contributed by atoms with Crippen LogP contribution in [0.2, 0.25) is 0 Å². The van der Waals surface area contributed by atoms with E-state index in [1.165, 1.54) is 16.7 Å². The van der Waals surface area contributed by atoms with E-state index in [1.54, 1.807) is 11.3 Å². The van der Waals surface area contributed by atoms with Crippen LogP contribution < -0.4 is 5.32 Å². The summed E-state index contributed by atoms with van der Waals surface area (Å²) in [6, 6.07) is 11.4. The Bertz CT molecular complexity index is 509. The zero-order valence-electron chi connectivity index (χ0n) is 10.4. The second kappa shape index (κ2) is 5.22. The topological polar surface area (TPSA) is 21.3 Å². The zero-order valence-corrected chi connectivity index (χ0v) is 11.2. The molecular weight excluding hydrogens is 242 g/mol. The van der Waals surface area contributed by atoms with Crippen LogP contribution in [0.1, 0.15) is 35.7 Å². The minimum atomic E-state index is 0.296. The van der Waals surface area contributed by atoms with E-state index in [-0.39, 0.29) is 0 Å². The first-order valence-electron chi connectivity index (χ1n) is 6.28. The number of hydrogen-bond donors (Lipinski definition) is 1. The van der Waals surface area contributed by atoms with E-state index < -0.39 is 0 Å². The van der Waals surface area contributed by atoms with Gasteiger partial charge in [0.15, 0.2) is 0 Å². The minimum Gasteiger partial charge on any atom is -0.375 e. The monoisotopic (exact) mass is 259 g/mol. The molecular formula is C15H17NOS. The van der Waals surface area contributed by atoms with Gasteiger partial charge in [0.1, 0.15) is 0 Å². The molecule has 0 radical (unpaired) electrons. The smallest absolute Gasteiger partial charge is 0.0721 e. The fourth-order valence-corrected chi connectivity index (χ4v) is 3.19. The first kappa shape index (κ1) is 11.9. The number of hydrogen-bond acceptors (Lipinski definition) is 3. The molecule has 0 amide bonds. The lowest BCUT2D eigenvalue weighted by atomic mass is 9.98. The summed E-state index contributed by atoms with van der Waals surface area (Å²) in [6.07, 6.45) is 0. The molecule has 2 atom stereocenters. The zero-order chi connectivity index (χ0) is 12.4. The van der Waals surface area contributed by atoms with Crippen LogP contribution in [0.3, 0.4) is 0 Å². The second-order valence-electron chi connectivity index (χ2n) is 4.71. The normalized spacial score (nSPS) is 20.4. The van der Waals surface area contributed by atoms with Crippen LogP contribution in [-0.2, 0) is 11.3 Å². The van der Waals surface area contributed by atoms with Crippen molar-refractivity contribution in [1.82, 2.24) is 5.32 Å². The van der Waals surface area contributed by atoms with Crippen LogP contribution in [-0.4, -0.2) is 6.61 Å². The summed E-state index contributed by atoms with van der Waals surface area (Å²) in [7, 11) is 0. The number of nitrogens with one attached hydrogen (secondary N) is 1. The Labute approximate surface area is 112 Å². The molecule has 18 heavy (non-hydrogen) atoms. The van der Waals surface area contributed by atoms with Gasteiger partial charge in [0.2, 0.25) is 0 Å². The van der Waals surface area contributed by atoms with Crippen LogP contribution in [0.5, 0.6) is 0 Å². The Morgan fingerprint density at radius 3 is 3.06 bits per heavy atom. The largest absolute Gasteiger partial charge is 0.375 e. The molecule has 1 aliphatic heterocycles. The molecule has 2 unspecified atom stereocenters. The highest BCUT2D eigenvalue weighted by Gasteiger charge is 2.22. The Balaban J connectivity index is 1.78. The van der Waals surface area contributed by atoms with Gasteiger partial charge in [-0.2, -0.15) is 11.3 Å². The second-order valence-corrected chi connectivity index (χ2v) is 5.49. The van der Waals surface area contributed by atoms with Crippen molar-refractivity contribution in [2.24, 2.45) is 0 Å². The van der Waals surface area contributed by atoms with Gasteiger partial charge in [-0.3, -0.25) is 0 Å². The fourth-order valence-electron chi connectivity index (χ4n) is 2.44. The first-order chi connectivity index (χ1) is 8.84. The van der Waals surface area contributed by atoms with Crippen molar-refractivity contribution in [3.63, 3.8) is 0 Å². The molecule has 1 aromatic carbocycles. The molecule has 0 saturated carbocycles. The molecule has 2 aromatic rings. The molecule has 3 rings (SSSR count). The summed E-state index contributed by atoms with van der Waals surface area (Å²) in [6.45, 7) is 3.70. The van der Waals surface area contributed by atoms with Gasteiger partial charge >= 0.3 is 0 Å². The summed E-state index contributed by atoms with van der Waals surface area (Å²) in [5, 5.41) is 7.98. The molecule has 1 N–H and O–H groups in total. The van der Waals surface area contributed by atoms with E-state index in [1.807, 2.05) is 0 Å².